The van der Waals surface area contributed by atoms with Crippen molar-refractivity contribution in [3.05, 3.63) is 35.6 Å². The number of rotatable bonds is 1. The summed E-state index contributed by atoms with van der Waals surface area (Å²) in [6.07, 6.45) is 0. The first-order chi connectivity index (χ1) is 7.09. The number of aryl methyl sites for hydroxylation is 1. The number of nitrogens with zero attached hydrogens (tertiary/aromatic N) is 1. The first-order valence-corrected chi connectivity index (χ1v) is 4.26. The lowest BCUT2D eigenvalue weighted by Crippen LogP contribution is -1.92. The minimum atomic E-state index is -0.687. The molecule has 0 fully saturated rings. The second kappa shape index (κ2) is 3.34. The molecule has 0 atom stereocenters. The van der Waals surface area contributed by atoms with Crippen LogP contribution in [0.15, 0.2) is 22.7 Å². The minimum Gasteiger partial charge on any atom is -0.380 e. The van der Waals surface area contributed by atoms with Crippen molar-refractivity contribution in [3.8, 4) is 11.1 Å². The van der Waals surface area contributed by atoms with Gasteiger partial charge in [-0.3, -0.25) is 0 Å². The number of anilines is 1. The Labute approximate surface area is 84.5 Å². The van der Waals surface area contributed by atoms with Crippen LogP contribution in [0.2, 0.25) is 0 Å². The lowest BCUT2D eigenvalue weighted by molar-refractivity contribution is 0.401. The van der Waals surface area contributed by atoms with E-state index in [1.807, 2.05) is 0 Å². The molecule has 0 aliphatic carbocycles. The van der Waals surface area contributed by atoms with Crippen LogP contribution in [0.4, 0.5) is 14.6 Å². The lowest BCUT2D eigenvalue weighted by atomic mass is 10.1. The Morgan fingerprint density at radius 2 is 2.07 bits per heavy atom. The van der Waals surface area contributed by atoms with Crippen LogP contribution in [0.3, 0.4) is 0 Å². The maximum atomic E-state index is 13.4. The van der Waals surface area contributed by atoms with Crippen molar-refractivity contribution in [3.63, 3.8) is 0 Å². The molecule has 2 aromatic rings. The van der Waals surface area contributed by atoms with Crippen LogP contribution < -0.4 is 5.73 Å². The number of nitrogens with two attached hydrogens (primary N) is 1. The summed E-state index contributed by atoms with van der Waals surface area (Å²) in [5.74, 6) is -0.826. The number of hydrogen-bond donors (Lipinski definition) is 1. The van der Waals surface area contributed by atoms with Crippen molar-refractivity contribution in [1.29, 1.82) is 0 Å². The van der Waals surface area contributed by atoms with Crippen LogP contribution in [-0.4, -0.2) is 5.16 Å². The first-order valence-electron chi connectivity index (χ1n) is 4.26. The lowest BCUT2D eigenvalue weighted by Gasteiger charge is -2.01. The van der Waals surface area contributed by atoms with Crippen molar-refractivity contribution in [2.75, 3.05) is 5.73 Å². The summed E-state index contributed by atoms with van der Waals surface area (Å²) >= 11 is 0. The molecular weight excluding hydrogens is 202 g/mol. The van der Waals surface area contributed by atoms with E-state index in [2.05, 4.69) is 5.16 Å². The van der Waals surface area contributed by atoms with E-state index in [1.165, 1.54) is 6.07 Å². The Bertz CT molecular complexity index is 489. The van der Waals surface area contributed by atoms with E-state index in [1.54, 1.807) is 6.92 Å². The summed E-state index contributed by atoms with van der Waals surface area (Å²) in [6, 6.07) is 3.26. The zero-order chi connectivity index (χ0) is 11.0. The topological polar surface area (TPSA) is 52.0 Å². The normalized spacial score (nSPS) is 10.6. The number of benzene rings is 1. The summed E-state index contributed by atoms with van der Waals surface area (Å²) in [5, 5.41) is 3.50. The molecule has 1 aromatic carbocycles. The largest absolute Gasteiger partial charge is 0.380 e. The summed E-state index contributed by atoms with van der Waals surface area (Å²) in [7, 11) is 0. The van der Waals surface area contributed by atoms with Crippen molar-refractivity contribution < 1.29 is 13.3 Å². The van der Waals surface area contributed by atoms with Gasteiger partial charge in [0.05, 0.1) is 5.56 Å². The molecule has 2 rings (SSSR count). The molecule has 0 aliphatic heterocycles. The summed E-state index contributed by atoms with van der Waals surface area (Å²) in [5.41, 5.74) is 6.07. The molecule has 0 aliphatic rings. The summed E-state index contributed by atoms with van der Waals surface area (Å²) in [4.78, 5) is 0. The molecule has 3 nitrogen and oxygen atoms in total. The second-order valence-corrected chi connectivity index (χ2v) is 3.12. The molecule has 1 aromatic heterocycles. The van der Waals surface area contributed by atoms with Gasteiger partial charge in [0, 0.05) is 11.6 Å². The van der Waals surface area contributed by atoms with Crippen LogP contribution in [0.5, 0.6) is 0 Å². The third-order valence-electron chi connectivity index (χ3n) is 2.09. The Balaban J connectivity index is 2.64. The Morgan fingerprint density at radius 1 is 1.33 bits per heavy atom. The zero-order valence-electron chi connectivity index (χ0n) is 7.92. The highest BCUT2D eigenvalue weighted by molar-refractivity contribution is 5.75. The molecular formula is C10H8F2N2O. The van der Waals surface area contributed by atoms with E-state index in [-0.39, 0.29) is 11.4 Å². The highest BCUT2D eigenvalue weighted by Crippen LogP contribution is 2.31. The molecule has 0 bridgehead atoms. The van der Waals surface area contributed by atoms with Gasteiger partial charge < -0.3 is 10.3 Å². The van der Waals surface area contributed by atoms with Gasteiger partial charge in [-0.1, -0.05) is 5.16 Å². The Hall–Kier alpha value is -1.91. The third kappa shape index (κ3) is 1.56. The molecule has 1 heterocycles. The predicted molar refractivity (Wildman–Crippen MR) is 51.0 cm³/mol. The average molecular weight is 210 g/mol. The number of halogens is 2. The number of hydrogen-bond acceptors (Lipinski definition) is 3. The standard InChI is InChI=1S/C10H8F2N2O/c1-5-9(10(13)14-15-5)7-3-2-6(11)4-8(7)12/h2-4H,1H3,(H2,13,14). The highest BCUT2D eigenvalue weighted by Gasteiger charge is 2.16. The SMILES string of the molecule is Cc1onc(N)c1-c1ccc(F)cc1F. The molecule has 0 radical (unpaired) electrons. The van der Waals surface area contributed by atoms with E-state index in [9.17, 15) is 8.78 Å². The minimum absolute atomic E-state index is 0.0954. The molecule has 0 saturated carbocycles. The Morgan fingerprint density at radius 3 is 2.60 bits per heavy atom. The second-order valence-electron chi connectivity index (χ2n) is 3.12. The fourth-order valence-corrected chi connectivity index (χ4v) is 1.41. The maximum absolute atomic E-state index is 13.4. The Kier molecular flexibility index (Phi) is 2.15. The smallest absolute Gasteiger partial charge is 0.175 e. The predicted octanol–water partition coefficient (Wildman–Crippen LogP) is 2.51. The van der Waals surface area contributed by atoms with E-state index in [0.717, 1.165) is 12.1 Å². The fourth-order valence-electron chi connectivity index (χ4n) is 1.41. The molecule has 15 heavy (non-hydrogen) atoms. The van der Waals surface area contributed by atoms with Crippen LogP contribution in [0, 0.1) is 18.6 Å². The van der Waals surface area contributed by atoms with Gasteiger partial charge in [-0.2, -0.15) is 0 Å². The number of nitrogen functional groups attached to an aromatic ring is 1. The fraction of sp³-hybridized carbons (Fsp3) is 0.100. The van der Waals surface area contributed by atoms with Gasteiger partial charge >= 0.3 is 0 Å². The van der Waals surface area contributed by atoms with Crippen molar-refractivity contribution in [2.24, 2.45) is 0 Å². The van der Waals surface area contributed by atoms with Crippen LogP contribution >= 0.6 is 0 Å². The van der Waals surface area contributed by atoms with Crippen LogP contribution in [0.25, 0.3) is 11.1 Å². The van der Waals surface area contributed by atoms with Gasteiger partial charge in [0.15, 0.2) is 5.82 Å². The van der Waals surface area contributed by atoms with Gasteiger partial charge in [0.25, 0.3) is 0 Å². The highest BCUT2D eigenvalue weighted by atomic mass is 19.1. The van der Waals surface area contributed by atoms with Gasteiger partial charge in [0.1, 0.15) is 17.4 Å². The monoisotopic (exact) mass is 210 g/mol. The van der Waals surface area contributed by atoms with Crippen molar-refractivity contribution >= 4 is 5.82 Å². The molecule has 0 unspecified atom stereocenters. The molecule has 0 amide bonds. The third-order valence-corrected chi connectivity index (χ3v) is 2.09. The van der Waals surface area contributed by atoms with Crippen molar-refractivity contribution in [2.45, 2.75) is 6.92 Å². The van der Waals surface area contributed by atoms with E-state index < -0.39 is 11.6 Å². The molecule has 78 valence electrons. The van der Waals surface area contributed by atoms with Gasteiger partial charge in [-0.05, 0) is 19.1 Å². The molecule has 5 heteroatoms. The van der Waals surface area contributed by atoms with E-state index >= 15 is 0 Å². The maximum Gasteiger partial charge on any atom is 0.175 e. The van der Waals surface area contributed by atoms with Crippen LogP contribution in [0.1, 0.15) is 5.76 Å². The number of aromatic nitrogens is 1. The van der Waals surface area contributed by atoms with Gasteiger partial charge in [-0.15, -0.1) is 0 Å². The summed E-state index contributed by atoms with van der Waals surface area (Å²) < 4.78 is 30.9. The average Bonchev–Trinajstić information content (AvgIpc) is 2.48. The first kappa shape index (κ1) is 9.64. The summed E-state index contributed by atoms with van der Waals surface area (Å²) in [6.45, 7) is 1.61. The molecule has 0 spiro atoms. The van der Waals surface area contributed by atoms with E-state index in [0.29, 0.717) is 11.3 Å². The van der Waals surface area contributed by atoms with E-state index in [4.69, 9.17) is 10.3 Å². The van der Waals surface area contributed by atoms with Gasteiger partial charge in [-0.25, -0.2) is 8.78 Å². The molecule has 2 N–H and O–H groups in total. The van der Waals surface area contributed by atoms with Gasteiger partial charge in [0.2, 0.25) is 0 Å². The van der Waals surface area contributed by atoms with Crippen LogP contribution in [-0.2, 0) is 0 Å². The quantitative estimate of drug-likeness (QED) is 0.786. The van der Waals surface area contributed by atoms with Crippen molar-refractivity contribution in [1.82, 2.24) is 5.16 Å². The molecule has 0 saturated heterocycles. The zero-order valence-corrected chi connectivity index (χ0v) is 7.92.